The molecule has 0 aromatic heterocycles. The molecule has 1 aromatic rings. The fourth-order valence-electron chi connectivity index (χ4n) is 2.26. The van der Waals surface area contributed by atoms with Gasteiger partial charge in [-0.15, -0.1) is 0 Å². The molecule has 2 amide bonds. The van der Waals surface area contributed by atoms with Crippen LogP contribution in [0, 0.1) is 0 Å². The summed E-state index contributed by atoms with van der Waals surface area (Å²) in [6.07, 6.45) is 0.702. The van der Waals surface area contributed by atoms with Crippen LogP contribution in [0.25, 0.3) is 0 Å². The van der Waals surface area contributed by atoms with E-state index < -0.39 is 0 Å². The fourth-order valence-corrected chi connectivity index (χ4v) is 2.26. The Balaban J connectivity index is 2.57. The molecule has 1 aliphatic rings. The molecule has 0 saturated carbocycles. The third-order valence-corrected chi connectivity index (χ3v) is 3.07. The minimum Gasteiger partial charge on any atom is -0.272 e. The van der Waals surface area contributed by atoms with Crippen LogP contribution in [-0.2, 0) is 4.79 Å². The molecule has 1 aromatic carbocycles. The first-order valence-electron chi connectivity index (χ1n) is 5.72. The van der Waals surface area contributed by atoms with Crippen LogP contribution in [0.2, 0.25) is 0 Å². The van der Waals surface area contributed by atoms with E-state index in [1.54, 1.807) is 25.2 Å². The van der Waals surface area contributed by atoms with Gasteiger partial charge in [0.15, 0.2) is 0 Å². The molecule has 1 atom stereocenters. The van der Waals surface area contributed by atoms with Crippen LogP contribution in [0.1, 0.15) is 35.2 Å². The monoisotopic (exact) mass is 232 g/mol. The van der Waals surface area contributed by atoms with Crippen LogP contribution in [-0.4, -0.2) is 35.9 Å². The Morgan fingerprint density at radius 1 is 1.24 bits per heavy atom. The predicted octanol–water partition coefficient (Wildman–Crippen LogP) is 1.64. The molecular formula is C13H16N2O2. The molecule has 90 valence electrons. The Morgan fingerprint density at radius 3 is 2.47 bits per heavy atom. The largest absolute Gasteiger partial charge is 0.275 e. The quantitative estimate of drug-likeness (QED) is 0.728. The van der Waals surface area contributed by atoms with Crippen molar-refractivity contribution < 1.29 is 9.59 Å². The molecule has 0 fully saturated rings. The van der Waals surface area contributed by atoms with Crippen molar-refractivity contribution in [1.82, 2.24) is 10.0 Å². The highest BCUT2D eigenvalue weighted by atomic mass is 16.2. The van der Waals surface area contributed by atoms with Crippen molar-refractivity contribution in [3.05, 3.63) is 35.4 Å². The van der Waals surface area contributed by atoms with Gasteiger partial charge in [0.2, 0.25) is 0 Å². The molecule has 4 nitrogen and oxygen atoms in total. The SMILES string of the molecule is CCC1C(=O)N(N(C)C)C(=O)c2ccccc21. The molecule has 1 unspecified atom stereocenters. The van der Waals surface area contributed by atoms with Gasteiger partial charge in [-0.2, -0.15) is 0 Å². The van der Waals surface area contributed by atoms with Crippen LogP contribution in [0.4, 0.5) is 0 Å². The number of nitrogens with zero attached hydrogens (tertiary/aromatic N) is 2. The predicted molar refractivity (Wildman–Crippen MR) is 64.3 cm³/mol. The van der Waals surface area contributed by atoms with Gasteiger partial charge < -0.3 is 0 Å². The number of carbonyl (C=O) groups excluding carboxylic acids is 2. The third-order valence-electron chi connectivity index (χ3n) is 3.07. The number of benzene rings is 1. The van der Waals surface area contributed by atoms with Crippen molar-refractivity contribution in [2.45, 2.75) is 19.3 Å². The number of carbonyl (C=O) groups is 2. The zero-order valence-corrected chi connectivity index (χ0v) is 10.3. The number of hydrogen-bond donors (Lipinski definition) is 0. The van der Waals surface area contributed by atoms with Gasteiger partial charge in [0.1, 0.15) is 0 Å². The number of fused-ring (bicyclic) bond motifs is 1. The second-order valence-electron chi connectivity index (χ2n) is 4.35. The lowest BCUT2D eigenvalue weighted by Gasteiger charge is -2.35. The topological polar surface area (TPSA) is 40.6 Å². The number of imide groups is 1. The molecular weight excluding hydrogens is 216 g/mol. The smallest absolute Gasteiger partial charge is 0.272 e. The number of rotatable bonds is 2. The summed E-state index contributed by atoms with van der Waals surface area (Å²) in [5.41, 5.74) is 1.48. The molecule has 17 heavy (non-hydrogen) atoms. The summed E-state index contributed by atoms with van der Waals surface area (Å²) in [6.45, 7) is 1.96. The zero-order chi connectivity index (χ0) is 12.6. The lowest BCUT2D eigenvalue weighted by molar-refractivity contribution is -0.141. The van der Waals surface area contributed by atoms with E-state index in [9.17, 15) is 9.59 Å². The number of hydrazine groups is 1. The van der Waals surface area contributed by atoms with Gasteiger partial charge in [-0.05, 0) is 18.1 Å². The van der Waals surface area contributed by atoms with Crippen molar-refractivity contribution >= 4 is 11.8 Å². The highest BCUT2D eigenvalue weighted by Gasteiger charge is 2.38. The zero-order valence-electron chi connectivity index (χ0n) is 10.3. The van der Waals surface area contributed by atoms with E-state index in [1.165, 1.54) is 5.01 Å². The fraction of sp³-hybridized carbons (Fsp3) is 0.385. The Bertz CT molecular complexity index is 468. The van der Waals surface area contributed by atoms with Crippen molar-refractivity contribution in [2.75, 3.05) is 14.1 Å². The molecule has 0 saturated heterocycles. The van der Waals surface area contributed by atoms with Crippen LogP contribution in [0.3, 0.4) is 0 Å². The standard InChI is InChI=1S/C13H16N2O2/c1-4-9-10-7-5-6-8-11(10)13(17)15(12(9)16)14(2)3/h5-9H,4H2,1-3H3. The summed E-state index contributed by atoms with van der Waals surface area (Å²) < 4.78 is 0. The van der Waals surface area contributed by atoms with Gasteiger partial charge in [0.05, 0.1) is 5.92 Å². The van der Waals surface area contributed by atoms with E-state index in [0.29, 0.717) is 12.0 Å². The average molecular weight is 232 g/mol. The van der Waals surface area contributed by atoms with E-state index in [4.69, 9.17) is 0 Å². The van der Waals surface area contributed by atoms with Gasteiger partial charge >= 0.3 is 0 Å². The van der Waals surface area contributed by atoms with Crippen molar-refractivity contribution in [1.29, 1.82) is 0 Å². The van der Waals surface area contributed by atoms with Crippen LogP contribution < -0.4 is 0 Å². The van der Waals surface area contributed by atoms with E-state index in [2.05, 4.69) is 0 Å². The molecule has 1 aliphatic heterocycles. The Hall–Kier alpha value is -1.68. The lowest BCUT2D eigenvalue weighted by Crippen LogP contribution is -2.51. The van der Waals surface area contributed by atoms with E-state index in [1.807, 2.05) is 25.1 Å². The molecule has 1 heterocycles. The Morgan fingerprint density at radius 2 is 1.88 bits per heavy atom. The second-order valence-corrected chi connectivity index (χ2v) is 4.35. The lowest BCUT2D eigenvalue weighted by atomic mass is 9.87. The maximum Gasteiger partial charge on any atom is 0.275 e. The summed E-state index contributed by atoms with van der Waals surface area (Å²) >= 11 is 0. The first-order valence-corrected chi connectivity index (χ1v) is 5.72. The second kappa shape index (κ2) is 4.30. The maximum absolute atomic E-state index is 12.2. The van der Waals surface area contributed by atoms with Crippen LogP contribution in [0.15, 0.2) is 24.3 Å². The molecule has 0 aliphatic carbocycles. The summed E-state index contributed by atoms with van der Waals surface area (Å²) in [6, 6.07) is 7.34. The molecule has 4 heteroatoms. The number of hydrogen-bond acceptors (Lipinski definition) is 3. The van der Waals surface area contributed by atoms with E-state index >= 15 is 0 Å². The number of amides is 2. The van der Waals surface area contributed by atoms with Crippen molar-refractivity contribution in [2.24, 2.45) is 0 Å². The van der Waals surface area contributed by atoms with Gasteiger partial charge in [-0.25, -0.2) is 10.0 Å². The highest BCUT2D eigenvalue weighted by molar-refractivity contribution is 6.10. The highest BCUT2D eigenvalue weighted by Crippen LogP contribution is 2.31. The summed E-state index contributed by atoms with van der Waals surface area (Å²) in [5.74, 6) is -0.590. The van der Waals surface area contributed by atoms with Crippen molar-refractivity contribution in [3.8, 4) is 0 Å². The third kappa shape index (κ3) is 1.74. The molecule has 0 spiro atoms. The molecule has 0 bridgehead atoms. The van der Waals surface area contributed by atoms with Crippen molar-refractivity contribution in [3.63, 3.8) is 0 Å². The molecule has 0 radical (unpaired) electrons. The van der Waals surface area contributed by atoms with Crippen LogP contribution >= 0.6 is 0 Å². The maximum atomic E-state index is 12.2. The minimum atomic E-state index is -0.236. The first kappa shape index (κ1) is 11.8. The molecule has 0 N–H and O–H groups in total. The molecule has 2 rings (SSSR count). The van der Waals surface area contributed by atoms with Gasteiger partial charge in [-0.3, -0.25) is 9.59 Å². The first-order chi connectivity index (χ1) is 8.07. The van der Waals surface area contributed by atoms with E-state index in [0.717, 1.165) is 5.56 Å². The Labute approximate surface area is 101 Å². The van der Waals surface area contributed by atoms with Gasteiger partial charge in [0, 0.05) is 19.7 Å². The van der Waals surface area contributed by atoms with Gasteiger partial charge in [-0.1, -0.05) is 25.1 Å². The van der Waals surface area contributed by atoms with E-state index in [-0.39, 0.29) is 17.7 Å². The minimum absolute atomic E-state index is 0.138. The van der Waals surface area contributed by atoms with Crippen LogP contribution in [0.5, 0.6) is 0 Å². The summed E-state index contributed by atoms with van der Waals surface area (Å²) in [4.78, 5) is 24.4. The van der Waals surface area contributed by atoms with Gasteiger partial charge in [0.25, 0.3) is 11.8 Å². The average Bonchev–Trinajstić information content (AvgIpc) is 2.29. The summed E-state index contributed by atoms with van der Waals surface area (Å²) in [5, 5.41) is 2.76. The summed E-state index contributed by atoms with van der Waals surface area (Å²) in [7, 11) is 3.41. The normalized spacial score (nSPS) is 19.8. The Kier molecular flexibility index (Phi) is 2.98.